The molecule has 0 bridgehead atoms. The predicted octanol–water partition coefficient (Wildman–Crippen LogP) is 2.82. The van der Waals surface area contributed by atoms with Gasteiger partial charge in [0.25, 0.3) is 5.91 Å². The second-order valence-electron chi connectivity index (χ2n) is 6.16. The molecule has 2 heterocycles. The lowest BCUT2D eigenvalue weighted by atomic mass is 10.1. The molecular weight excluding hydrogens is 349 g/mol. The fraction of sp³-hybridized carbons (Fsp3) is 0.471. The Kier molecular flexibility index (Phi) is 8.03. The molecule has 1 aliphatic rings. The summed E-state index contributed by atoms with van der Waals surface area (Å²) in [6, 6.07) is 8.01. The van der Waals surface area contributed by atoms with Crippen molar-refractivity contribution in [3.63, 3.8) is 0 Å². The molecule has 1 amide bonds. The molecule has 24 heavy (non-hydrogen) atoms. The van der Waals surface area contributed by atoms with E-state index in [2.05, 4.69) is 15.5 Å². The molecule has 3 rings (SSSR count). The number of halogens is 2. The average molecular weight is 374 g/mol. The maximum atomic E-state index is 12.6. The Bertz CT molecular complexity index is 667. The van der Waals surface area contributed by atoms with Gasteiger partial charge in [0.2, 0.25) is 0 Å². The highest BCUT2D eigenvalue weighted by atomic mass is 35.5. The molecule has 1 saturated heterocycles. The van der Waals surface area contributed by atoms with Crippen molar-refractivity contribution in [2.75, 3.05) is 27.2 Å². The van der Waals surface area contributed by atoms with Gasteiger partial charge in [0.1, 0.15) is 5.58 Å². The van der Waals surface area contributed by atoms with Crippen molar-refractivity contribution in [2.24, 2.45) is 0 Å². The summed E-state index contributed by atoms with van der Waals surface area (Å²) >= 11 is 0. The molecule has 2 aromatic rings. The summed E-state index contributed by atoms with van der Waals surface area (Å²) in [5.74, 6) is 0.335. The van der Waals surface area contributed by atoms with Gasteiger partial charge in [-0.25, -0.2) is 0 Å². The summed E-state index contributed by atoms with van der Waals surface area (Å²) in [7, 11) is 3.99. The van der Waals surface area contributed by atoms with Crippen molar-refractivity contribution in [3.05, 3.63) is 35.6 Å². The molecule has 1 aromatic heterocycles. The van der Waals surface area contributed by atoms with Crippen molar-refractivity contribution in [2.45, 2.75) is 25.4 Å². The predicted molar refractivity (Wildman–Crippen MR) is 101 cm³/mol. The van der Waals surface area contributed by atoms with Gasteiger partial charge < -0.3 is 20.0 Å². The van der Waals surface area contributed by atoms with Crippen LogP contribution in [0.25, 0.3) is 11.0 Å². The highest BCUT2D eigenvalue weighted by Crippen LogP contribution is 2.27. The van der Waals surface area contributed by atoms with Gasteiger partial charge in [0.05, 0.1) is 0 Å². The van der Waals surface area contributed by atoms with Crippen molar-refractivity contribution >= 4 is 41.7 Å². The lowest BCUT2D eigenvalue weighted by Crippen LogP contribution is -2.45. The number of carbonyl (C=O) groups is 1. The van der Waals surface area contributed by atoms with Crippen molar-refractivity contribution < 1.29 is 9.21 Å². The largest absolute Gasteiger partial charge is 0.451 e. The molecule has 1 aliphatic heterocycles. The second-order valence-corrected chi connectivity index (χ2v) is 6.16. The Morgan fingerprint density at radius 1 is 1.33 bits per heavy atom. The van der Waals surface area contributed by atoms with E-state index in [1.54, 1.807) is 0 Å². The van der Waals surface area contributed by atoms with Gasteiger partial charge >= 0.3 is 0 Å². The summed E-state index contributed by atoms with van der Waals surface area (Å²) < 4.78 is 5.84. The van der Waals surface area contributed by atoms with E-state index in [0.717, 1.165) is 42.5 Å². The standard InChI is InChI=1S/C17H23N3O2.2ClH/c1-20(2)11-14-13-7-3-4-8-15(13)22-16(14)17(21)19-12-6-5-9-18-10-12;;/h3-4,7-8,12,18H,5-6,9-11H2,1-2H3,(H,19,21);2*1H/t12-;;/m0../s1. The van der Waals surface area contributed by atoms with Crippen LogP contribution in [0.3, 0.4) is 0 Å². The number of carbonyl (C=O) groups excluding carboxylic acids is 1. The minimum atomic E-state index is -0.109. The molecule has 0 spiro atoms. The monoisotopic (exact) mass is 373 g/mol. The average Bonchev–Trinajstić information content (AvgIpc) is 2.87. The van der Waals surface area contributed by atoms with Gasteiger partial charge in [-0.15, -0.1) is 24.8 Å². The van der Waals surface area contributed by atoms with Crippen LogP contribution >= 0.6 is 24.8 Å². The summed E-state index contributed by atoms with van der Waals surface area (Å²) in [5, 5.41) is 7.42. The number of nitrogens with one attached hydrogen (secondary N) is 2. The second kappa shape index (κ2) is 9.28. The number of hydrogen-bond acceptors (Lipinski definition) is 4. The van der Waals surface area contributed by atoms with Crippen LogP contribution in [0.5, 0.6) is 0 Å². The first-order valence-electron chi connectivity index (χ1n) is 7.82. The molecule has 1 atom stereocenters. The van der Waals surface area contributed by atoms with Crippen LogP contribution < -0.4 is 10.6 Å². The van der Waals surface area contributed by atoms with Gasteiger partial charge in [-0.3, -0.25) is 4.79 Å². The Balaban J connectivity index is 0.00000144. The van der Waals surface area contributed by atoms with Crippen LogP contribution in [-0.2, 0) is 6.54 Å². The van der Waals surface area contributed by atoms with Gasteiger partial charge in [-0.1, -0.05) is 18.2 Å². The minimum absolute atomic E-state index is 0. The molecule has 5 nitrogen and oxygen atoms in total. The van der Waals surface area contributed by atoms with Gasteiger partial charge in [0.15, 0.2) is 5.76 Å². The van der Waals surface area contributed by atoms with Crippen LogP contribution in [0.1, 0.15) is 29.0 Å². The smallest absolute Gasteiger partial charge is 0.287 e. The van der Waals surface area contributed by atoms with E-state index in [4.69, 9.17) is 4.42 Å². The number of piperidine rings is 1. The molecule has 2 N–H and O–H groups in total. The Labute approximate surface area is 155 Å². The topological polar surface area (TPSA) is 57.5 Å². The first-order chi connectivity index (χ1) is 10.6. The number of para-hydroxylation sites is 1. The van der Waals surface area contributed by atoms with E-state index in [1.807, 2.05) is 38.4 Å². The van der Waals surface area contributed by atoms with Crippen molar-refractivity contribution in [1.29, 1.82) is 0 Å². The molecule has 0 radical (unpaired) electrons. The highest BCUT2D eigenvalue weighted by Gasteiger charge is 2.23. The zero-order chi connectivity index (χ0) is 15.5. The summed E-state index contributed by atoms with van der Waals surface area (Å²) in [6.45, 7) is 2.54. The first-order valence-corrected chi connectivity index (χ1v) is 7.82. The lowest BCUT2D eigenvalue weighted by molar-refractivity contribution is 0.0902. The van der Waals surface area contributed by atoms with E-state index < -0.39 is 0 Å². The summed E-state index contributed by atoms with van der Waals surface area (Å²) in [6.07, 6.45) is 2.11. The Hall–Kier alpha value is -1.27. The highest BCUT2D eigenvalue weighted by molar-refractivity contribution is 5.99. The van der Waals surface area contributed by atoms with Crippen LogP contribution in [0.2, 0.25) is 0 Å². The normalized spacial score (nSPS) is 17.2. The zero-order valence-electron chi connectivity index (χ0n) is 14.0. The lowest BCUT2D eigenvalue weighted by Gasteiger charge is -2.23. The number of amides is 1. The number of fused-ring (bicyclic) bond motifs is 1. The Morgan fingerprint density at radius 3 is 2.75 bits per heavy atom. The van der Waals surface area contributed by atoms with Crippen LogP contribution in [-0.4, -0.2) is 44.0 Å². The minimum Gasteiger partial charge on any atom is -0.451 e. The fourth-order valence-electron chi connectivity index (χ4n) is 2.98. The first kappa shape index (κ1) is 20.8. The van der Waals surface area contributed by atoms with Crippen LogP contribution in [0.4, 0.5) is 0 Å². The van der Waals surface area contributed by atoms with Gasteiger partial charge in [0, 0.05) is 30.1 Å². The summed E-state index contributed by atoms with van der Waals surface area (Å²) in [5.41, 5.74) is 1.73. The van der Waals surface area contributed by atoms with E-state index in [-0.39, 0.29) is 36.8 Å². The van der Waals surface area contributed by atoms with E-state index in [1.165, 1.54) is 0 Å². The van der Waals surface area contributed by atoms with Crippen LogP contribution in [0, 0.1) is 0 Å². The molecule has 0 unspecified atom stereocenters. The molecule has 0 aliphatic carbocycles. The third-order valence-corrected chi connectivity index (χ3v) is 4.01. The molecular formula is C17H25Cl2N3O2. The fourth-order valence-corrected chi connectivity index (χ4v) is 2.98. The third kappa shape index (κ3) is 4.63. The van der Waals surface area contributed by atoms with E-state index >= 15 is 0 Å². The Morgan fingerprint density at radius 2 is 2.08 bits per heavy atom. The number of hydrogen-bond donors (Lipinski definition) is 2. The SMILES string of the molecule is CN(C)Cc1c(C(=O)N[C@H]2CCCNC2)oc2ccccc12.Cl.Cl. The maximum absolute atomic E-state index is 12.6. The van der Waals surface area contributed by atoms with Crippen LogP contribution in [0.15, 0.2) is 28.7 Å². The third-order valence-electron chi connectivity index (χ3n) is 4.01. The zero-order valence-corrected chi connectivity index (χ0v) is 15.6. The number of furan rings is 1. The molecule has 7 heteroatoms. The van der Waals surface area contributed by atoms with Gasteiger partial charge in [-0.05, 0) is 39.5 Å². The maximum Gasteiger partial charge on any atom is 0.287 e. The van der Waals surface area contributed by atoms with Gasteiger partial charge in [-0.2, -0.15) is 0 Å². The number of benzene rings is 1. The summed E-state index contributed by atoms with van der Waals surface area (Å²) in [4.78, 5) is 14.7. The van der Waals surface area contributed by atoms with E-state index in [0.29, 0.717) is 12.3 Å². The molecule has 1 aromatic carbocycles. The van der Waals surface area contributed by atoms with Crippen molar-refractivity contribution in [1.82, 2.24) is 15.5 Å². The number of nitrogens with zero attached hydrogens (tertiary/aromatic N) is 1. The quantitative estimate of drug-likeness (QED) is 0.864. The molecule has 0 saturated carbocycles. The van der Waals surface area contributed by atoms with E-state index in [9.17, 15) is 4.79 Å². The van der Waals surface area contributed by atoms with Crippen molar-refractivity contribution in [3.8, 4) is 0 Å². The number of rotatable bonds is 4. The molecule has 1 fully saturated rings. The molecule has 134 valence electrons.